The second kappa shape index (κ2) is 8.93. The molecular weight excluding hydrogens is 398 g/mol. The van der Waals surface area contributed by atoms with Crippen molar-refractivity contribution in [2.24, 2.45) is 5.73 Å². The first-order valence-corrected chi connectivity index (χ1v) is 10.1. The molecule has 0 aliphatic heterocycles. The van der Waals surface area contributed by atoms with E-state index in [1.54, 1.807) is 13.8 Å². The lowest BCUT2D eigenvalue weighted by Crippen LogP contribution is -2.30. The maximum atomic E-state index is 12.7. The van der Waals surface area contributed by atoms with E-state index in [-0.39, 0.29) is 39.3 Å². The molecular formula is C19H23N3O6S. The SMILES string of the molecule is COc1cc(NC(=O)c2cccc(S(=O)(=O)NC(C)C)c2)c(C(N)=O)cc1OC. The average Bonchev–Trinajstić information content (AvgIpc) is 2.66. The number of nitrogens with one attached hydrogen (secondary N) is 2. The lowest BCUT2D eigenvalue weighted by molar-refractivity contribution is 0.100. The van der Waals surface area contributed by atoms with Crippen LogP contribution in [0.15, 0.2) is 41.3 Å². The maximum absolute atomic E-state index is 12.7. The molecule has 2 rings (SSSR count). The summed E-state index contributed by atoms with van der Waals surface area (Å²) < 4.78 is 37.5. The van der Waals surface area contributed by atoms with Crippen molar-refractivity contribution in [3.63, 3.8) is 0 Å². The molecule has 4 N–H and O–H groups in total. The first-order chi connectivity index (χ1) is 13.6. The van der Waals surface area contributed by atoms with E-state index >= 15 is 0 Å². The first kappa shape index (κ1) is 22.2. The number of sulfonamides is 1. The summed E-state index contributed by atoms with van der Waals surface area (Å²) >= 11 is 0. The van der Waals surface area contributed by atoms with Gasteiger partial charge in [0.2, 0.25) is 10.0 Å². The van der Waals surface area contributed by atoms with Gasteiger partial charge in [-0.05, 0) is 38.1 Å². The molecule has 0 bridgehead atoms. The van der Waals surface area contributed by atoms with Crippen LogP contribution < -0.4 is 25.2 Å². The summed E-state index contributed by atoms with van der Waals surface area (Å²) in [5.74, 6) is -0.850. The van der Waals surface area contributed by atoms with E-state index in [0.717, 1.165) is 0 Å². The highest BCUT2D eigenvalue weighted by atomic mass is 32.2. The molecule has 29 heavy (non-hydrogen) atoms. The van der Waals surface area contributed by atoms with E-state index < -0.39 is 21.8 Å². The van der Waals surface area contributed by atoms with Crippen LogP contribution in [-0.4, -0.2) is 40.5 Å². The van der Waals surface area contributed by atoms with E-state index in [0.29, 0.717) is 0 Å². The Balaban J connectivity index is 2.41. The average molecular weight is 421 g/mol. The van der Waals surface area contributed by atoms with Crippen molar-refractivity contribution in [1.29, 1.82) is 0 Å². The summed E-state index contributed by atoms with van der Waals surface area (Å²) in [6.07, 6.45) is 0. The van der Waals surface area contributed by atoms with E-state index in [1.165, 1.54) is 50.6 Å². The van der Waals surface area contributed by atoms with Crippen molar-refractivity contribution in [1.82, 2.24) is 4.72 Å². The number of rotatable bonds is 8. The number of anilines is 1. The fourth-order valence-corrected chi connectivity index (χ4v) is 3.86. The number of methoxy groups -OCH3 is 2. The summed E-state index contributed by atoms with van der Waals surface area (Å²) in [5.41, 5.74) is 5.60. The van der Waals surface area contributed by atoms with Crippen LogP contribution >= 0.6 is 0 Å². The fourth-order valence-electron chi connectivity index (χ4n) is 2.56. The Bertz CT molecular complexity index is 1030. The van der Waals surface area contributed by atoms with Gasteiger partial charge in [-0.25, -0.2) is 13.1 Å². The van der Waals surface area contributed by atoms with Gasteiger partial charge in [-0.1, -0.05) is 6.07 Å². The smallest absolute Gasteiger partial charge is 0.255 e. The molecule has 0 aliphatic rings. The minimum atomic E-state index is -3.77. The third kappa shape index (κ3) is 5.24. The van der Waals surface area contributed by atoms with Crippen molar-refractivity contribution >= 4 is 27.5 Å². The Labute approximate surface area is 169 Å². The summed E-state index contributed by atoms with van der Waals surface area (Å²) in [6.45, 7) is 3.38. The molecule has 0 saturated heterocycles. The highest BCUT2D eigenvalue weighted by molar-refractivity contribution is 7.89. The number of hydrogen-bond donors (Lipinski definition) is 3. The maximum Gasteiger partial charge on any atom is 0.255 e. The van der Waals surface area contributed by atoms with Gasteiger partial charge in [0.25, 0.3) is 11.8 Å². The lowest BCUT2D eigenvalue weighted by atomic mass is 10.1. The number of carbonyl (C=O) groups is 2. The third-order valence-electron chi connectivity index (χ3n) is 3.83. The summed E-state index contributed by atoms with van der Waals surface area (Å²) in [7, 11) is -0.963. The van der Waals surface area contributed by atoms with Crippen molar-refractivity contribution in [3.8, 4) is 11.5 Å². The van der Waals surface area contributed by atoms with Crippen LogP contribution in [0.25, 0.3) is 0 Å². The van der Waals surface area contributed by atoms with Gasteiger partial charge in [-0.3, -0.25) is 9.59 Å². The second-order valence-electron chi connectivity index (χ2n) is 6.37. The first-order valence-electron chi connectivity index (χ1n) is 8.58. The molecule has 156 valence electrons. The minimum Gasteiger partial charge on any atom is -0.493 e. The molecule has 0 aliphatic carbocycles. The predicted octanol–water partition coefficient (Wildman–Crippen LogP) is 1.74. The fraction of sp³-hybridized carbons (Fsp3) is 0.263. The van der Waals surface area contributed by atoms with Crippen LogP contribution in [0.4, 0.5) is 5.69 Å². The lowest BCUT2D eigenvalue weighted by Gasteiger charge is -2.14. The molecule has 0 unspecified atom stereocenters. The van der Waals surface area contributed by atoms with Crippen LogP contribution in [0, 0.1) is 0 Å². The molecule has 10 heteroatoms. The van der Waals surface area contributed by atoms with E-state index in [1.807, 2.05) is 0 Å². The van der Waals surface area contributed by atoms with Crippen LogP contribution in [-0.2, 0) is 10.0 Å². The monoisotopic (exact) mass is 421 g/mol. The number of hydrogen-bond acceptors (Lipinski definition) is 6. The van der Waals surface area contributed by atoms with Crippen LogP contribution in [0.3, 0.4) is 0 Å². The Hall–Kier alpha value is -3.11. The molecule has 0 aromatic heterocycles. The number of primary amides is 1. The third-order valence-corrected chi connectivity index (χ3v) is 5.49. The number of benzene rings is 2. The topological polar surface area (TPSA) is 137 Å². The van der Waals surface area contributed by atoms with Gasteiger partial charge >= 0.3 is 0 Å². The molecule has 2 aromatic carbocycles. The summed E-state index contributed by atoms with van der Waals surface area (Å²) in [6, 6.07) is 7.98. The number of amides is 2. The normalized spacial score (nSPS) is 11.2. The van der Waals surface area contributed by atoms with Gasteiger partial charge in [0.15, 0.2) is 11.5 Å². The van der Waals surface area contributed by atoms with Gasteiger partial charge in [0.05, 0.1) is 30.4 Å². The molecule has 2 amide bonds. The van der Waals surface area contributed by atoms with E-state index in [9.17, 15) is 18.0 Å². The zero-order valence-electron chi connectivity index (χ0n) is 16.5. The Morgan fingerprint density at radius 1 is 1.03 bits per heavy atom. The van der Waals surface area contributed by atoms with Crippen molar-refractivity contribution in [2.75, 3.05) is 19.5 Å². The van der Waals surface area contributed by atoms with Gasteiger partial charge in [-0.2, -0.15) is 0 Å². The minimum absolute atomic E-state index is 0.0150. The van der Waals surface area contributed by atoms with E-state index in [4.69, 9.17) is 15.2 Å². The van der Waals surface area contributed by atoms with Crippen LogP contribution in [0.5, 0.6) is 11.5 Å². The number of ether oxygens (including phenoxy) is 2. The van der Waals surface area contributed by atoms with Gasteiger partial charge in [0.1, 0.15) is 0 Å². The predicted molar refractivity (Wildman–Crippen MR) is 108 cm³/mol. The molecule has 9 nitrogen and oxygen atoms in total. The molecule has 0 atom stereocenters. The second-order valence-corrected chi connectivity index (χ2v) is 8.09. The summed E-state index contributed by atoms with van der Waals surface area (Å²) in [4.78, 5) is 24.4. The zero-order chi connectivity index (χ0) is 21.8. The molecule has 0 saturated carbocycles. The van der Waals surface area contributed by atoms with Gasteiger partial charge in [0, 0.05) is 17.7 Å². The largest absolute Gasteiger partial charge is 0.493 e. The number of carbonyl (C=O) groups excluding carboxylic acids is 2. The van der Waals surface area contributed by atoms with Crippen molar-refractivity contribution in [3.05, 3.63) is 47.5 Å². The van der Waals surface area contributed by atoms with Gasteiger partial charge in [-0.15, -0.1) is 0 Å². The highest BCUT2D eigenvalue weighted by Crippen LogP contribution is 2.33. The quantitative estimate of drug-likeness (QED) is 0.594. The Morgan fingerprint density at radius 3 is 2.21 bits per heavy atom. The van der Waals surface area contributed by atoms with Crippen molar-refractivity contribution in [2.45, 2.75) is 24.8 Å². The van der Waals surface area contributed by atoms with Crippen LogP contribution in [0.2, 0.25) is 0 Å². The molecule has 0 heterocycles. The zero-order valence-corrected chi connectivity index (χ0v) is 17.3. The molecule has 0 radical (unpaired) electrons. The van der Waals surface area contributed by atoms with Crippen molar-refractivity contribution < 1.29 is 27.5 Å². The van der Waals surface area contributed by atoms with Crippen LogP contribution in [0.1, 0.15) is 34.6 Å². The summed E-state index contributed by atoms with van der Waals surface area (Å²) in [5, 5.41) is 2.56. The number of nitrogens with two attached hydrogens (primary N) is 1. The molecule has 0 fully saturated rings. The molecule has 0 spiro atoms. The standard InChI is InChI=1S/C19H23N3O6S/c1-11(2)22-29(25,26)13-7-5-6-12(8-13)19(24)21-15-10-17(28-4)16(27-3)9-14(15)18(20)23/h5-11,22H,1-4H3,(H2,20,23)(H,21,24). The Kier molecular flexibility index (Phi) is 6.83. The van der Waals surface area contributed by atoms with E-state index in [2.05, 4.69) is 10.0 Å². The Morgan fingerprint density at radius 2 is 1.66 bits per heavy atom. The highest BCUT2D eigenvalue weighted by Gasteiger charge is 2.20. The molecule has 2 aromatic rings. The van der Waals surface area contributed by atoms with Gasteiger partial charge < -0.3 is 20.5 Å².